The van der Waals surface area contributed by atoms with Crippen molar-refractivity contribution in [1.82, 2.24) is 29.2 Å². The number of primary amides is 1. The molecule has 4 heterocycles. The number of hydrogen-bond acceptors (Lipinski definition) is 12. The van der Waals surface area contributed by atoms with E-state index in [1.165, 1.54) is 19.4 Å². The fraction of sp³-hybridized carbons (Fsp3) is 0.394. The number of imidazole rings is 1. The van der Waals surface area contributed by atoms with E-state index < -0.39 is 11.9 Å². The number of nitrogens with two attached hydrogens (primary N) is 1. The maximum atomic E-state index is 13.5. The van der Waals surface area contributed by atoms with Crippen molar-refractivity contribution in [2.24, 2.45) is 5.73 Å². The predicted molar refractivity (Wildman–Crippen MR) is 185 cm³/mol. The molecule has 4 aromatic rings. The molecule has 5 rings (SSSR count). The van der Waals surface area contributed by atoms with Gasteiger partial charge >= 0.3 is 35.5 Å². The average molecular weight is 714 g/mol. The molecule has 0 spiro atoms. The molecule has 1 aliphatic rings. The van der Waals surface area contributed by atoms with E-state index in [1.807, 2.05) is 30.6 Å². The van der Waals surface area contributed by atoms with Gasteiger partial charge in [0.1, 0.15) is 22.8 Å². The molecule has 0 aliphatic carbocycles. The normalized spacial score (nSPS) is 13.3. The molecule has 4 N–H and O–H groups in total. The summed E-state index contributed by atoms with van der Waals surface area (Å²) in [6.07, 6.45) is 5.92. The van der Waals surface area contributed by atoms with Gasteiger partial charge in [-0.25, -0.2) is 14.8 Å². The van der Waals surface area contributed by atoms with Crippen LogP contribution in [0.15, 0.2) is 47.5 Å². The number of aromatic nitrogens is 5. The van der Waals surface area contributed by atoms with Crippen molar-refractivity contribution < 1.29 is 58.2 Å². The molecule has 0 saturated carbocycles. The molecule has 1 fully saturated rings. The third-order valence-electron chi connectivity index (χ3n) is 7.85. The van der Waals surface area contributed by atoms with Crippen LogP contribution >= 0.6 is 0 Å². The fourth-order valence-corrected chi connectivity index (χ4v) is 5.66. The number of methoxy groups -OCH3 is 1. The molecule has 1 aromatic carbocycles. The van der Waals surface area contributed by atoms with Crippen LogP contribution in [0.1, 0.15) is 50.2 Å². The van der Waals surface area contributed by atoms with Gasteiger partial charge in [-0.05, 0) is 38.5 Å². The summed E-state index contributed by atoms with van der Waals surface area (Å²) in [6.45, 7) is 9.30. The second kappa shape index (κ2) is 18.3. The van der Waals surface area contributed by atoms with Gasteiger partial charge in [0.05, 0.1) is 43.7 Å². The molecule has 17 heteroatoms. The summed E-state index contributed by atoms with van der Waals surface area (Å²) in [4.78, 5) is 49.2. The largest absolute Gasteiger partial charge is 1.00 e. The molecular weight excluding hydrogens is 673 g/mol. The third kappa shape index (κ3) is 9.58. The average Bonchev–Trinajstić information content (AvgIpc) is 3.66. The summed E-state index contributed by atoms with van der Waals surface area (Å²) in [5.74, 6) is -0.393. The van der Waals surface area contributed by atoms with Crippen LogP contribution in [-0.4, -0.2) is 100 Å². The Hall–Kier alpha value is -4.06. The Kier molecular flexibility index (Phi) is 14.1. The number of rotatable bonds is 15. The molecule has 2 amide bonds. The Morgan fingerprint density at radius 2 is 1.90 bits per heavy atom. The van der Waals surface area contributed by atoms with Crippen LogP contribution in [0, 0.1) is 6.92 Å². The number of ether oxygens (including phenoxy) is 3. The number of morpholine rings is 1. The molecule has 3 aromatic heterocycles. The molecular formula is C33H40N9NaO6S. The van der Waals surface area contributed by atoms with Crippen molar-refractivity contribution >= 4 is 53.2 Å². The number of hydrogen-bond donors (Lipinski definition) is 3. The number of allylic oxidation sites excluding steroid dienone is 1. The van der Waals surface area contributed by atoms with Crippen LogP contribution in [-0.2, 0) is 35.2 Å². The Labute approximate surface area is 317 Å². The Bertz CT molecular complexity index is 1850. The van der Waals surface area contributed by atoms with Crippen molar-refractivity contribution in [2.45, 2.75) is 38.3 Å². The van der Waals surface area contributed by atoms with Crippen molar-refractivity contribution in [1.29, 1.82) is 0 Å². The summed E-state index contributed by atoms with van der Waals surface area (Å²) >= 11 is 5.37. The molecule has 1 aliphatic heterocycles. The van der Waals surface area contributed by atoms with E-state index in [0.717, 1.165) is 26.1 Å². The first-order valence-electron chi connectivity index (χ1n) is 16.0. The van der Waals surface area contributed by atoms with E-state index >= 15 is 0 Å². The van der Waals surface area contributed by atoms with E-state index in [-0.39, 0.29) is 59.1 Å². The van der Waals surface area contributed by atoms with Crippen molar-refractivity contribution in [3.8, 4) is 5.75 Å². The molecule has 0 unspecified atom stereocenters. The van der Waals surface area contributed by atoms with Gasteiger partial charge in [0.15, 0.2) is 0 Å². The summed E-state index contributed by atoms with van der Waals surface area (Å²) < 4.78 is 19.9. The number of esters is 1. The molecule has 0 atom stereocenters. The number of benzene rings is 1. The molecule has 15 nitrogen and oxygen atoms in total. The van der Waals surface area contributed by atoms with Gasteiger partial charge in [0, 0.05) is 51.0 Å². The summed E-state index contributed by atoms with van der Waals surface area (Å²) in [5.41, 5.74) is 8.33. The first-order chi connectivity index (χ1) is 23.7. The van der Waals surface area contributed by atoms with Crippen molar-refractivity contribution in [3.63, 3.8) is 0 Å². The van der Waals surface area contributed by atoms with Gasteiger partial charge in [-0.2, -0.15) is 5.10 Å². The Morgan fingerprint density at radius 1 is 1.12 bits per heavy atom. The van der Waals surface area contributed by atoms with Gasteiger partial charge in [-0.3, -0.25) is 24.5 Å². The van der Waals surface area contributed by atoms with E-state index in [1.54, 1.807) is 22.9 Å². The van der Waals surface area contributed by atoms with Crippen molar-refractivity contribution in [2.75, 3.05) is 63.7 Å². The minimum atomic E-state index is -0.622. The molecule has 1 saturated heterocycles. The molecule has 260 valence electrons. The van der Waals surface area contributed by atoms with Crippen LogP contribution in [0.4, 0.5) is 11.8 Å². The van der Waals surface area contributed by atoms with Crippen LogP contribution in [0.2, 0.25) is 0 Å². The maximum Gasteiger partial charge on any atom is 1.00 e. The minimum absolute atomic E-state index is 0. The van der Waals surface area contributed by atoms with Gasteiger partial charge in [0.2, 0.25) is 11.9 Å². The zero-order valence-electron chi connectivity index (χ0n) is 28.7. The zero-order valence-corrected chi connectivity index (χ0v) is 31.5. The van der Waals surface area contributed by atoms with Gasteiger partial charge in [-0.15, -0.1) is 4.90 Å². The second-order valence-electron chi connectivity index (χ2n) is 11.3. The number of fused-ring (bicyclic) bond motifs is 1. The van der Waals surface area contributed by atoms with E-state index in [4.69, 9.17) is 37.6 Å². The van der Waals surface area contributed by atoms with E-state index in [2.05, 4.69) is 25.6 Å². The smallest absolute Gasteiger partial charge is 0.776 e. The quantitative estimate of drug-likeness (QED) is 0.0485. The van der Waals surface area contributed by atoms with E-state index in [9.17, 15) is 14.4 Å². The number of nitrogens with zero attached hydrogens (tertiary/aromatic N) is 6. The van der Waals surface area contributed by atoms with Crippen LogP contribution < -0.4 is 50.7 Å². The SMILES string of the molecule is CCn1nc(C)cc1C(=O)Nc1nc2cc(C(N)=O)cc(OCCCN3CCOCC3)c2n1C/C=C/CNc1ncc(C(=O)OC)cc1[S-].[Na+]. The van der Waals surface area contributed by atoms with Gasteiger partial charge < -0.3 is 42.5 Å². The first kappa shape index (κ1) is 38.7. The summed E-state index contributed by atoms with van der Waals surface area (Å²) in [6, 6.07) is 6.44. The molecule has 50 heavy (non-hydrogen) atoms. The minimum Gasteiger partial charge on any atom is -0.776 e. The number of pyridine rings is 1. The Balaban J connectivity index is 0.00000562. The number of nitrogens with one attached hydrogen (secondary N) is 2. The monoisotopic (exact) mass is 713 g/mol. The Morgan fingerprint density at radius 3 is 2.60 bits per heavy atom. The predicted octanol–water partition coefficient (Wildman–Crippen LogP) is -0.227. The second-order valence-corrected chi connectivity index (χ2v) is 11.7. The number of anilines is 2. The summed E-state index contributed by atoms with van der Waals surface area (Å²) in [7, 11) is 1.29. The standard InChI is InChI=1S/C33H41N9O6S.Na/c1-4-42-25(16-21(2)39-42)31(44)38-33-37-24-17-22(29(34)43)18-26(48-13-7-9-40-11-14-47-15-12-40)28(24)41(33)10-6-5-8-35-30-27(49)19-23(20-36-30)32(45)46-3;/h5-6,16-20,49H,4,7-15H2,1-3H3,(H2,34,43)(H,35,36)(H,37,38,44);/q;+1/p-1/b6-5+;. The maximum absolute atomic E-state index is 13.5. The first-order valence-corrected chi connectivity index (χ1v) is 16.4. The molecule has 0 bridgehead atoms. The van der Waals surface area contributed by atoms with Gasteiger partial charge in [0.25, 0.3) is 5.91 Å². The fourth-order valence-electron chi connectivity index (χ4n) is 5.41. The molecule has 0 radical (unpaired) electrons. The van der Waals surface area contributed by atoms with Crippen LogP contribution in [0.5, 0.6) is 5.75 Å². The number of amides is 2. The van der Waals surface area contributed by atoms with Crippen molar-refractivity contribution in [3.05, 3.63) is 65.1 Å². The third-order valence-corrected chi connectivity index (χ3v) is 8.16. The van der Waals surface area contributed by atoms with E-state index in [0.29, 0.717) is 71.8 Å². The summed E-state index contributed by atoms with van der Waals surface area (Å²) in [5, 5.41) is 10.5. The van der Waals surface area contributed by atoms with Crippen LogP contribution in [0.3, 0.4) is 0 Å². The zero-order chi connectivity index (χ0) is 34.9. The van der Waals surface area contributed by atoms with Crippen LogP contribution in [0.25, 0.3) is 11.0 Å². The number of carbonyl (C=O) groups is 3. The number of aryl methyl sites for hydroxylation is 2. The topological polar surface area (TPSA) is 181 Å². The van der Waals surface area contributed by atoms with Gasteiger partial charge in [-0.1, -0.05) is 18.2 Å². The number of carbonyl (C=O) groups excluding carboxylic acids is 3.